The monoisotopic (exact) mass is 298 g/mol. The third-order valence-electron chi connectivity index (χ3n) is 4.32. The topological polar surface area (TPSA) is 52.2 Å². The number of nitrogens with one attached hydrogen (secondary N) is 1. The van der Waals surface area contributed by atoms with Crippen LogP contribution in [-0.2, 0) is 0 Å². The summed E-state index contributed by atoms with van der Waals surface area (Å²) in [6.45, 7) is 1.58. The first-order valence-corrected chi connectivity index (χ1v) is 7.71. The van der Waals surface area contributed by atoms with Crippen LogP contribution in [0.1, 0.15) is 34.9 Å². The zero-order valence-corrected chi connectivity index (χ0v) is 13.1. The fraction of sp³-hybridized carbons (Fsp3) is 0.412. The normalized spacial score (nSPS) is 15.8. The van der Waals surface area contributed by atoms with E-state index < -0.39 is 0 Å². The fourth-order valence-electron chi connectivity index (χ4n) is 2.94. The lowest BCUT2D eigenvalue weighted by molar-refractivity contribution is 0.0711. The van der Waals surface area contributed by atoms with E-state index in [-0.39, 0.29) is 5.91 Å². The van der Waals surface area contributed by atoms with Crippen LogP contribution in [0.25, 0.3) is 0 Å². The highest BCUT2D eigenvalue weighted by atomic mass is 16.2. The van der Waals surface area contributed by atoms with E-state index in [4.69, 9.17) is 0 Å². The van der Waals surface area contributed by atoms with Gasteiger partial charge in [-0.1, -0.05) is 0 Å². The van der Waals surface area contributed by atoms with Gasteiger partial charge in [-0.3, -0.25) is 4.79 Å². The standard InChI is InChI=1S/C17H22N4O/c1-20(2)15-5-3-14(4-6-15)17(22)21-11-7-13(8-12-21)16-18-9-10-19-16/h3-6,9-10,13H,7-8,11-12H2,1-2H3,(H,18,19). The number of aromatic nitrogens is 2. The van der Waals surface area contributed by atoms with Gasteiger partial charge in [0.15, 0.2) is 0 Å². The molecule has 5 nitrogen and oxygen atoms in total. The molecule has 1 aliphatic heterocycles. The minimum atomic E-state index is 0.128. The molecule has 0 aliphatic carbocycles. The highest BCUT2D eigenvalue weighted by molar-refractivity contribution is 5.94. The maximum Gasteiger partial charge on any atom is 0.253 e. The predicted octanol–water partition coefficient (Wildman–Crippen LogP) is 2.50. The van der Waals surface area contributed by atoms with Crippen molar-refractivity contribution in [2.75, 3.05) is 32.1 Å². The number of imidazole rings is 1. The van der Waals surface area contributed by atoms with E-state index in [1.54, 1.807) is 6.20 Å². The molecule has 0 spiro atoms. The van der Waals surface area contributed by atoms with Crippen molar-refractivity contribution in [3.05, 3.63) is 48.0 Å². The van der Waals surface area contributed by atoms with Gasteiger partial charge in [0.25, 0.3) is 5.91 Å². The van der Waals surface area contributed by atoms with Gasteiger partial charge in [0, 0.05) is 56.7 Å². The van der Waals surface area contributed by atoms with Crippen molar-refractivity contribution in [2.45, 2.75) is 18.8 Å². The van der Waals surface area contributed by atoms with Gasteiger partial charge in [0.1, 0.15) is 5.82 Å². The van der Waals surface area contributed by atoms with Crippen LogP contribution < -0.4 is 4.90 Å². The Morgan fingerprint density at radius 3 is 2.45 bits per heavy atom. The van der Waals surface area contributed by atoms with E-state index in [2.05, 4.69) is 9.97 Å². The van der Waals surface area contributed by atoms with Crippen molar-refractivity contribution < 1.29 is 4.79 Å². The molecule has 1 aliphatic rings. The van der Waals surface area contributed by atoms with Gasteiger partial charge in [-0.15, -0.1) is 0 Å². The Morgan fingerprint density at radius 1 is 1.23 bits per heavy atom. The molecule has 1 aromatic heterocycles. The molecule has 116 valence electrons. The number of nitrogens with zero attached hydrogens (tertiary/aromatic N) is 3. The first-order chi connectivity index (χ1) is 10.6. The Kier molecular flexibility index (Phi) is 4.13. The van der Waals surface area contributed by atoms with Crippen LogP contribution in [-0.4, -0.2) is 48.0 Å². The number of hydrogen-bond donors (Lipinski definition) is 1. The van der Waals surface area contributed by atoms with Crippen molar-refractivity contribution in [3.8, 4) is 0 Å². The van der Waals surface area contributed by atoms with Crippen molar-refractivity contribution >= 4 is 11.6 Å². The SMILES string of the molecule is CN(C)c1ccc(C(=O)N2CCC(c3ncc[nH]3)CC2)cc1. The fourth-order valence-corrected chi connectivity index (χ4v) is 2.94. The van der Waals surface area contributed by atoms with Crippen LogP contribution in [0, 0.1) is 0 Å². The van der Waals surface area contributed by atoms with E-state index in [1.807, 2.05) is 54.4 Å². The summed E-state index contributed by atoms with van der Waals surface area (Å²) < 4.78 is 0. The molecule has 1 saturated heterocycles. The number of carbonyl (C=O) groups is 1. The number of likely N-dealkylation sites (tertiary alicyclic amines) is 1. The summed E-state index contributed by atoms with van der Waals surface area (Å²) in [7, 11) is 3.99. The molecule has 2 heterocycles. The lowest BCUT2D eigenvalue weighted by Crippen LogP contribution is -2.38. The lowest BCUT2D eigenvalue weighted by atomic mass is 9.95. The second-order valence-electron chi connectivity index (χ2n) is 5.98. The number of aromatic amines is 1. The van der Waals surface area contributed by atoms with Crippen LogP contribution in [0.3, 0.4) is 0 Å². The molecular weight excluding hydrogens is 276 g/mol. The summed E-state index contributed by atoms with van der Waals surface area (Å²) >= 11 is 0. The van der Waals surface area contributed by atoms with E-state index in [0.29, 0.717) is 5.92 Å². The molecule has 1 amide bonds. The maximum atomic E-state index is 12.6. The maximum absolute atomic E-state index is 12.6. The number of benzene rings is 1. The molecular formula is C17H22N4O. The molecule has 0 bridgehead atoms. The van der Waals surface area contributed by atoms with E-state index in [1.165, 1.54) is 0 Å². The Labute approximate surface area is 131 Å². The molecule has 0 unspecified atom stereocenters. The molecule has 22 heavy (non-hydrogen) atoms. The highest BCUT2D eigenvalue weighted by Crippen LogP contribution is 2.26. The van der Waals surface area contributed by atoms with Crippen molar-refractivity contribution in [3.63, 3.8) is 0 Å². The number of carbonyl (C=O) groups excluding carboxylic acids is 1. The average molecular weight is 298 g/mol. The summed E-state index contributed by atoms with van der Waals surface area (Å²) in [4.78, 5) is 24.1. The van der Waals surface area contributed by atoms with Crippen molar-refractivity contribution in [1.29, 1.82) is 0 Å². The minimum absolute atomic E-state index is 0.128. The number of H-pyrrole nitrogens is 1. The molecule has 3 rings (SSSR count). The van der Waals surface area contributed by atoms with Gasteiger partial charge in [0.2, 0.25) is 0 Å². The predicted molar refractivity (Wildman–Crippen MR) is 87.2 cm³/mol. The number of rotatable bonds is 3. The van der Waals surface area contributed by atoms with Crippen LogP contribution in [0.2, 0.25) is 0 Å². The summed E-state index contributed by atoms with van der Waals surface area (Å²) in [6, 6.07) is 7.80. The van der Waals surface area contributed by atoms with Crippen LogP contribution >= 0.6 is 0 Å². The number of piperidine rings is 1. The van der Waals surface area contributed by atoms with E-state index >= 15 is 0 Å². The Bertz CT molecular complexity index is 611. The van der Waals surface area contributed by atoms with Gasteiger partial charge in [-0.2, -0.15) is 0 Å². The van der Waals surface area contributed by atoms with Gasteiger partial charge in [-0.05, 0) is 37.1 Å². The smallest absolute Gasteiger partial charge is 0.253 e. The first kappa shape index (κ1) is 14.6. The number of amides is 1. The third-order valence-corrected chi connectivity index (χ3v) is 4.32. The van der Waals surface area contributed by atoms with Gasteiger partial charge < -0.3 is 14.8 Å². The second kappa shape index (κ2) is 6.22. The Hall–Kier alpha value is -2.30. The quantitative estimate of drug-likeness (QED) is 0.947. The van der Waals surface area contributed by atoms with Gasteiger partial charge >= 0.3 is 0 Å². The molecule has 0 atom stereocenters. The van der Waals surface area contributed by atoms with E-state index in [0.717, 1.165) is 43.0 Å². The summed E-state index contributed by atoms with van der Waals surface area (Å²) in [5.41, 5.74) is 1.87. The zero-order chi connectivity index (χ0) is 15.5. The molecule has 0 saturated carbocycles. The summed E-state index contributed by atoms with van der Waals surface area (Å²) in [5, 5.41) is 0. The molecule has 1 N–H and O–H groups in total. The Balaban J connectivity index is 1.62. The van der Waals surface area contributed by atoms with Crippen molar-refractivity contribution in [1.82, 2.24) is 14.9 Å². The number of hydrogen-bond acceptors (Lipinski definition) is 3. The molecule has 1 fully saturated rings. The first-order valence-electron chi connectivity index (χ1n) is 7.71. The summed E-state index contributed by atoms with van der Waals surface area (Å²) in [5.74, 6) is 1.61. The van der Waals surface area contributed by atoms with Gasteiger partial charge in [0.05, 0.1) is 0 Å². The van der Waals surface area contributed by atoms with Crippen LogP contribution in [0.5, 0.6) is 0 Å². The average Bonchev–Trinajstić information content (AvgIpc) is 3.09. The van der Waals surface area contributed by atoms with Crippen molar-refractivity contribution in [2.24, 2.45) is 0 Å². The lowest BCUT2D eigenvalue weighted by Gasteiger charge is -2.31. The third kappa shape index (κ3) is 2.98. The number of anilines is 1. The highest BCUT2D eigenvalue weighted by Gasteiger charge is 2.25. The zero-order valence-electron chi connectivity index (χ0n) is 13.1. The summed E-state index contributed by atoms with van der Waals surface area (Å²) in [6.07, 6.45) is 5.59. The van der Waals surface area contributed by atoms with E-state index in [9.17, 15) is 4.79 Å². The molecule has 5 heteroatoms. The minimum Gasteiger partial charge on any atom is -0.378 e. The largest absolute Gasteiger partial charge is 0.378 e. The molecule has 2 aromatic rings. The van der Waals surface area contributed by atoms with Crippen LogP contribution in [0.4, 0.5) is 5.69 Å². The Morgan fingerprint density at radius 2 is 1.91 bits per heavy atom. The van der Waals surface area contributed by atoms with Crippen LogP contribution in [0.15, 0.2) is 36.7 Å². The molecule has 1 aromatic carbocycles. The van der Waals surface area contributed by atoms with Gasteiger partial charge in [-0.25, -0.2) is 4.98 Å². The molecule has 0 radical (unpaired) electrons. The second-order valence-corrected chi connectivity index (χ2v) is 5.98.